The van der Waals surface area contributed by atoms with E-state index in [0.29, 0.717) is 11.6 Å². The van der Waals surface area contributed by atoms with Crippen molar-refractivity contribution in [1.82, 2.24) is 14.9 Å². The predicted molar refractivity (Wildman–Crippen MR) is 122 cm³/mol. The first kappa shape index (κ1) is 21.5. The molecular weight excluding hydrogens is 404 g/mol. The molecule has 5 nitrogen and oxygen atoms in total. The summed E-state index contributed by atoms with van der Waals surface area (Å²) in [6.07, 6.45) is 5.75. The van der Waals surface area contributed by atoms with Crippen molar-refractivity contribution in [2.75, 3.05) is 31.6 Å². The fourth-order valence-electron chi connectivity index (χ4n) is 3.38. The smallest absolute Gasteiger partial charge is 0.222 e. The van der Waals surface area contributed by atoms with Crippen LogP contribution in [0.5, 0.6) is 0 Å². The van der Waals surface area contributed by atoms with Crippen LogP contribution in [0.3, 0.4) is 0 Å². The van der Waals surface area contributed by atoms with Crippen molar-refractivity contribution in [1.29, 1.82) is 0 Å². The molecule has 1 fully saturated rings. The standard InChI is InChI=1S/C12H16ClN3O.C10H11NS/c1-15(10-4-5-14-11(13)9-10)7-8-16-6-2-3-12(16)17;1-2-4-8-5-3-6-9-10(8)12-7-11-9/h4-5,9H,2-3,6-8H2,1H3;3,5-7H,2,4H2,1H3. The highest BCUT2D eigenvalue weighted by Crippen LogP contribution is 2.23. The Morgan fingerprint density at radius 2 is 2.14 bits per heavy atom. The van der Waals surface area contributed by atoms with Crippen molar-refractivity contribution < 1.29 is 4.79 Å². The van der Waals surface area contributed by atoms with Crippen LogP contribution in [0, 0.1) is 0 Å². The number of nitrogens with zero attached hydrogens (tertiary/aromatic N) is 4. The molecule has 3 aromatic rings. The maximum absolute atomic E-state index is 11.5. The maximum atomic E-state index is 11.5. The Labute approximate surface area is 181 Å². The van der Waals surface area contributed by atoms with Gasteiger partial charge in [0.1, 0.15) is 5.15 Å². The molecule has 154 valence electrons. The van der Waals surface area contributed by atoms with E-state index in [-0.39, 0.29) is 5.91 Å². The lowest BCUT2D eigenvalue weighted by Crippen LogP contribution is -2.33. The number of carbonyl (C=O) groups is 1. The highest BCUT2D eigenvalue weighted by Gasteiger charge is 2.19. The summed E-state index contributed by atoms with van der Waals surface area (Å²) in [6, 6.07) is 10.1. The maximum Gasteiger partial charge on any atom is 0.222 e. The van der Waals surface area contributed by atoms with Crippen molar-refractivity contribution in [2.24, 2.45) is 0 Å². The number of carbonyl (C=O) groups excluding carboxylic acids is 1. The van der Waals surface area contributed by atoms with E-state index in [4.69, 9.17) is 11.6 Å². The molecule has 1 aliphatic rings. The predicted octanol–water partition coefficient (Wildman–Crippen LogP) is 5.04. The molecule has 1 amide bonds. The molecule has 0 radical (unpaired) electrons. The fourth-order valence-corrected chi connectivity index (χ4v) is 4.38. The Morgan fingerprint density at radius 3 is 2.86 bits per heavy atom. The van der Waals surface area contributed by atoms with Crippen LogP contribution in [0.2, 0.25) is 5.15 Å². The van der Waals surface area contributed by atoms with Crippen LogP contribution < -0.4 is 4.90 Å². The molecule has 1 aliphatic heterocycles. The van der Waals surface area contributed by atoms with Crippen molar-refractivity contribution in [3.05, 3.63) is 52.8 Å². The van der Waals surface area contributed by atoms with Crippen molar-refractivity contribution in [3.8, 4) is 0 Å². The third-order valence-electron chi connectivity index (χ3n) is 4.99. The van der Waals surface area contributed by atoms with E-state index in [2.05, 4.69) is 40.0 Å². The zero-order valence-corrected chi connectivity index (χ0v) is 18.5. The first-order chi connectivity index (χ1) is 14.1. The zero-order valence-electron chi connectivity index (χ0n) is 17.0. The average molecular weight is 431 g/mol. The first-order valence-electron chi connectivity index (χ1n) is 10.00. The molecule has 4 rings (SSSR count). The summed E-state index contributed by atoms with van der Waals surface area (Å²) in [5.74, 6) is 0.270. The number of amides is 1. The van der Waals surface area contributed by atoms with Crippen LogP contribution in [0.1, 0.15) is 31.7 Å². The van der Waals surface area contributed by atoms with Crippen LogP contribution in [-0.4, -0.2) is 47.5 Å². The molecular formula is C22H27ClN4OS. The number of likely N-dealkylation sites (N-methyl/N-ethyl adjacent to an activating group) is 1. The minimum absolute atomic E-state index is 0.270. The normalized spacial score (nSPS) is 13.5. The summed E-state index contributed by atoms with van der Waals surface area (Å²) >= 11 is 7.58. The second-order valence-electron chi connectivity index (χ2n) is 7.11. The molecule has 0 unspecified atom stereocenters. The van der Waals surface area contributed by atoms with Gasteiger partial charge in [-0.05, 0) is 36.6 Å². The van der Waals surface area contributed by atoms with E-state index in [1.165, 1.54) is 23.1 Å². The van der Waals surface area contributed by atoms with Gasteiger partial charge in [0.25, 0.3) is 0 Å². The van der Waals surface area contributed by atoms with Gasteiger partial charge in [-0.1, -0.05) is 37.1 Å². The Balaban J connectivity index is 0.000000176. The summed E-state index contributed by atoms with van der Waals surface area (Å²) in [4.78, 5) is 23.7. The Morgan fingerprint density at radius 1 is 1.28 bits per heavy atom. The number of aromatic nitrogens is 2. The molecule has 0 saturated carbocycles. The topological polar surface area (TPSA) is 49.3 Å². The van der Waals surface area contributed by atoms with Crippen LogP contribution in [-0.2, 0) is 11.2 Å². The van der Waals surface area contributed by atoms with E-state index in [9.17, 15) is 4.79 Å². The lowest BCUT2D eigenvalue weighted by molar-refractivity contribution is -0.127. The van der Waals surface area contributed by atoms with Crippen LogP contribution in [0.15, 0.2) is 42.0 Å². The molecule has 29 heavy (non-hydrogen) atoms. The van der Waals surface area contributed by atoms with E-state index >= 15 is 0 Å². The first-order valence-corrected chi connectivity index (χ1v) is 11.3. The lowest BCUT2D eigenvalue weighted by Gasteiger charge is -2.23. The number of hydrogen-bond donors (Lipinski definition) is 0. The third-order valence-corrected chi connectivity index (χ3v) is 6.11. The van der Waals surface area contributed by atoms with Crippen molar-refractivity contribution in [3.63, 3.8) is 0 Å². The summed E-state index contributed by atoms with van der Waals surface area (Å²) in [6.45, 7) is 4.69. The number of fused-ring (bicyclic) bond motifs is 1. The second kappa shape index (κ2) is 10.6. The number of thiazole rings is 1. The highest BCUT2D eigenvalue weighted by molar-refractivity contribution is 7.16. The van der Waals surface area contributed by atoms with E-state index in [0.717, 1.165) is 37.3 Å². The van der Waals surface area contributed by atoms with Gasteiger partial charge in [-0.2, -0.15) is 0 Å². The second-order valence-corrected chi connectivity index (χ2v) is 8.35. The molecule has 0 bridgehead atoms. The van der Waals surface area contributed by atoms with Crippen LogP contribution in [0.25, 0.3) is 10.2 Å². The molecule has 2 aromatic heterocycles. The molecule has 0 spiro atoms. The van der Waals surface area contributed by atoms with Gasteiger partial charge in [0, 0.05) is 45.0 Å². The minimum Gasteiger partial charge on any atom is -0.373 e. The Kier molecular flexibility index (Phi) is 7.83. The minimum atomic E-state index is 0.270. The number of likely N-dealkylation sites (tertiary alicyclic amines) is 1. The summed E-state index contributed by atoms with van der Waals surface area (Å²) in [5, 5.41) is 0.492. The molecule has 7 heteroatoms. The summed E-state index contributed by atoms with van der Waals surface area (Å²) < 4.78 is 1.36. The number of halogens is 1. The highest BCUT2D eigenvalue weighted by atomic mass is 35.5. The number of benzene rings is 1. The molecule has 3 heterocycles. The number of pyridine rings is 1. The SMILES string of the molecule is CCCc1cccc2ncsc12.CN(CCN1CCCC1=O)c1ccnc(Cl)c1. The fraction of sp³-hybridized carbons (Fsp3) is 0.409. The van der Waals surface area contributed by atoms with Gasteiger partial charge < -0.3 is 9.80 Å². The van der Waals surface area contributed by atoms with E-state index in [1.807, 2.05) is 29.6 Å². The number of aryl methyl sites for hydroxylation is 1. The van der Waals surface area contributed by atoms with E-state index in [1.54, 1.807) is 17.5 Å². The molecule has 1 aromatic carbocycles. The van der Waals surface area contributed by atoms with E-state index < -0.39 is 0 Å². The van der Waals surface area contributed by atoms with Gasteiger partial charge in [0.2, 0.25) is 5.91 Å². The van der Waals surface area contributed by atoms with Gasteiger partial charge in [-0.25, -0.2) is 9.97 Å². The molecule has 0 atom stereocenters. The van der Waals surface area contributed by atoms with Crippen LogP contribution >= 0.6 is 22.9 Å². The summed E-state index contributed by atoms with van der Waals surface area (Å²) in [7, 11) is 1.99. The largest absolute Gasteiger partial charge is 0.373 e. The Hall–Kier alpha value is -2.18. The van der Waals surface area contributed by atoms with Gasteiger partial charge in [-0.15, -0.1) is 11.3 Å². The lowest BCUT2D eigenvalue weighted by atomic mass is 10.1. The van der Waals surface area contributed by atoms with Crippen molar-refractivity contribution >= 4 is 44.7 Å². The van der Waals surface area contributed by atoms with Crippen molar-refractivity contribution in [2.45, 2.75) is 32.6 Å². The van der Waals surface area contributed by atoms with Gasteiger partial charge >= 0.3 is 0 Å². The summed E-state index contributed by atoms with van der Waals surface area (Å²) in [5.41, 5.74) is 5.53. The van der Waals surface area contributed by atoms with Gasteiger partial charge in [0.15, 0.2) is 0 Å². The quantitative estimate of drug-likeness (QED) is 0.514. The monoisotopic (exact) mass is 430 g/mol. The van der Waals surface area contributed by atoms with Gasteiger partial charge in [0.05, 0.1) is 15.7 Å². The zero-order chi connectivity index (χ0) is 20.6. The van der Waals surface area contributed by atoms with Crippen LogP contribution in [0.4, 0.5) is 5.69 Å². The molecule has 0 N–H and O–H groups in total. The molecule has 0 aliphatic carbocycles. The third kappa shape index (κ3) is 5.90. The molecule has 1 saturated heterocycles. The van der Waals surface area contributed by atoms with Gasteiger partial charge in [-0.3, -0.25) is 4.79 Å². The number of rotatable bonds is 6. The number of anilines is 1. The average Bonchev–Trinajstić information content (AvgIpc) is 3.36. The Bertz CT molecular complexity index is 945. The number of hydrogen-bond acceptors (Lipinski definition) is 5.